The van der Waals surface area contributed by atoms with Gasteiger partial charge in [-0.2, -0.15) is 13.2 Å². The molecule has 0 aliphatic rings. The van der Waals surface area contributed by atoms with Crippen molar-refractivity contribution in [2.45, 2.75) is 25.2 Å². The van der Waals surface area contributed by atoms with Crippen LogP contribution in [0.15, 0.2) is 39.6 Å². The summed E-state index contributed by atoms with van der Waals surface area (Å²) in [5.74, 6) is -2.16. The van der Waals surface area contributed by atoms with Crippen molar-refractivity contribution in [2.24, 2.45) is 5.73 Å². The van der Waals surface area contributed by atoms with Crippen LogP contribution in [0, 0.1) is 0 Å². The van der Waals surface area contributed by atoms with Gasteiger partial charge in [-0.3, -0.25) is 9.20 Å². The summed E-state index contributed by atoms with van der Waals surface area (Å²) < 4.78 is 34.6. The number of rotatable bonds is 5. The van der Waals surface area contributed by atoms with Crippen LogP contribution in [0.3, 0.4) is 0 Å². The summed E-state index contributed by atoms with van der Waals surface area (Å²) in [4.78, 5) is 22.9. The highest BCUT2D eigenvalue weighted by atomic mass is 79.9. The molecule has 0 aliphatic heterocycles. The van der Waals surface area contributed by atoms with Crippen molar-refractivity contribution in [2.75, 3.05) is 7.05 Å². The number of fused-ring (bicyclic) bond motifs is 1. The largest absolute Gasteiger partial charge is 0.490 e. The standard InChI is InChI=1S/C15H16BrN5OS.C2HF3O2/c1-20(8-14-19-18-13-4-2-3-5-21(13)14)15(22)11(17)6-10-7-12(16)23-9-10;3-2(4,5)1(6)7/h2-5,7,9,11H,6,8,17H2,1H3;(H,6,7). The van der Waals surface area contributed by atoms with Crippen LogP contribution in [-0.4, -0.2) is 55.7 Å². The number of pyridine rings is 1. The highest BCUT2D eigenvalue weighted by Gasteiger charge is 2.38. The second kappa shape index (κ2) is 10.00. The molecule has 0 saturated heterocycles. The normalized spacial score (nSPS) is 12.2. The summed E-state index contributed by atoms with van der Waals surface area (Å²) in [6.45, 7) is 0.366. The Morgan fingerprint density at radius 1 is 1.37 bits per heavy atom. The number of carbonyl (C=O) groups excluding carboxylic acids is 1. The molecule has 3 aromatic rings. The first kappa shape index (κ1) is 23.8. The number of hydrogen-bond donors (Lipinski definition) is 2. The van der Waals surface area contributed by atoms with Crippen molar-refractivity contribution in [1.29, 1.82) is 0 Å². The van der Waals surface area contributed by atoms with E-state index in [0.29, 0.717) is 18.8 Å². The van der Waals surface area contributed by atoms with Crippen molar-refractivity contribution in [3.8, 4) is 0 Å². The Balaban J connectivity index is 0.000000396. The van der Waals surface area contributed by atoms with Crippen LogP contribution in [0.2, 0.25) is 0 Å². The molecule has 3 rings (SSSR count). The lowest BCUT2D eigenvalue weighted by atomic mass is 10.1. The van der Waals surface area contributed by atoms with E-state index in [0.717, 1.165) is 15.0 Å². The molecule has 1 atom stereocenters. The summed E-state index contributed by atoms with van der Waals surface area (Å²) >= 11 is 5.00. The van der Waals surface area contributed by atoms with Crippen molar-refractivity contribution in [3.63, 3.8) is 0 Å². The van der Waals surface area contributed by atoms with E-state index in [4.69, 9.17) is 15.6 Å². The van der Waals surface area contributed by atoms with Crippen LogP contribution in [0.1, 0.15) is 11.4 Å². The van der Waals surface area contributed by atoms with E-state index in [1.807, 2.05) is 40.2 Å². The highest BCUT2D eigenvalue weighted by molar-refractivity contribution is 9.11. The molecule has 0 saturated carbocycles. The highest BCUT2D eigenvalue weighted by Crippen LogP contribution is 2.21. The van der Waals surface area contributed by atoms with Gasteiger partial charge in [0.2, 0.25) is 5.91 Å². The van der Waals surface area contributed by atoms with Gasteiger partial charge in [0.25, 0.3) is 0 Å². The number of nitrogens with zero attached hydrogens (tertiary/aromatic N) is 4. The third-order valence-electron chi connectivity index (χ3n) is 3.78. The van der Waals surface area contributed by atoms with E-state index in [1.54, 1.807) is 23.3 Å². The molecule has 0 spiro atoms. The first-order valence-corrected chi connectivity index (χ1v) is 9.98. The predicted octanol–water partition coefficient (Wildman–Crippen LogP) is 2.72. The SMILES string of the molecule is CN(Cc1nnc2ccccn12)C(=O)C(N)Cc1csc(Br)c1.O=C(O)C(F)(F)F. The number of amides is 1. The lowest BCUT2D eigenvalue weighted by Crippen LogP contribution is -2.42. The Bertz CT molecular complexity index is 1020. The molecule has 0 aromatic carbocycles. The quantitative estimate of drug-likeness (QED) is 0.548. The minimum absolute atomic E-state index is 0.111. The van der Waals surface area contributed by atoms with Gasteiger partial charge in [-0.15, -0.1) is 21.5 Å². The minimum atomic E-state index is -5.08. The van der Waals surface area contributed by atoms with Crippen LogP contribution >= 0.6 is 27.3 Å². The van der Waals surface area contributed by atoms with Crippen molar-refractivity contribution in [3.05, 3.63) is 51.0 Å². The van der Waals surface area contributed by atoms with E-state index >= 15 is 0 Å². The second-order valence-corrected chi connectivity index (χ2v) is 8.40. The zero-order chi connectivity index (χ0) is 22.5. The molecule has 0 aliphatic carbocycles. The smallest absolute Gasteiger partial charge is 0.475 e. The molecule has 1 amide bonds. The van der Waals surface area contributed by atoms with Crippen LogP contribution < -0.4 is 5.73 Å². The summed E-state index contributed by atoms with van der Waals surface area (Å²) in [7, 11) is 1.73. The Morgan fingerprint density at radius 2 is 2.03 bits per heavy atom. The number of likely N-dealkylation sites (N-methyl/N-ethyl adjacent to an activating group) is 1. The molecule has 0 radical (unpaired) electrons. The Kier molecular flexibility index (Phi) is 7.92. The van der Waals surface area contributed by atoms with Gasteiger partial charge < -0.3 is 15.7 Å². The monoisotopic (exact) mass is 507 g/mol. The molecule has 0 fully saturated rings. The summed E-state index contributed by atoms with van der Waals surface area (Å²) in [5, 5.41) is 17.4. The maximum absolute atomic E-state index is 12.5. The Labute approximate surface area is 181 Å². The van der Waals surface area contributed by atoms with Crippen molar-refractivity contribution < 1.29 is 27.9 Å². The molecular weight excluding hydrogens is 491 g/mol. The topological polar surface area (TPSA) is 114 Å². The van der Waals surface area contributed by atoms with Gasteiger partial charge in [0.15, 0.2) is 11.5 Å². The molecule has 3 aromatic heterocycles. The summed E-state index contributed by atoms with van der Waals surface area (Å²) in [6.07, 6.45) is -2.68. The van der Waals surface area contributed by atoms with Gasteiger partial charge in [0.05, 0.1) is 16.4 Å². The third kappa shape index (κ3) is 6.50. The minimum Gasteiger partial charge on any atom is -0.475 e. The Morgan fingerprint density at radius 3 is 2.60 bits per heavy atom. The molecule has 162 valence electrons. The fraction of sp³-hybridized carbons (Fsp3) is 0.294. The van der Waals surface area contributed by atoms with Crippen LogP contribution in [0.5, 0.6) is 0 Å². The van der Waals surface area contributed by atoms with Gasteiger partial charge in [0, 0.05) is 13.2 Å². The number of carboxylic acids is 1. The predicted molar refractivity (Wildman–Crippen MR) is 107 cm³/mol. The van der Waals surface area contributed by atoms with Crippen LogP contribution in [-0.2, 0) is 22.6 Å². The lowest BCUT2D eigenvalue weighted by molar-refractivity contribution is -0.192. The molecule has 8 nitrogen and oxygen atoms in total. The average molecular weight is 508 g/mol. The number of halogens is 4. The van der Waals surface area contributed by atoms with Crippen molar-refractivity contribution in [1.82, 2.24) is 19.5 Å². The van der Waals surface area contributed by atoms with Crippen LogP contribution in [0.4, 0.5) is 13.2 Å². The van der Waals surface area contributed by atoms with E-state index in [-0.39, 0.29) is 5.91 Å². The molecule has 13 heteroatoms. The molecule has 0 bridgehead atoms. The summed E-state index contributed by atoms with van der Waals surface area (Å²) in [5.41, 5.74) is 7.88. The lowest BCUT2D eigenvalue weighted by Gasteiger charge is -2.20. The molecule has 3 N–H and O–H groups in total. The number of nitrogens with two attached hydrogens (primary N) is 1. The number of thiophene rings is 1. The zero-order valence-corrected chi connectivity index (χ0v) is 17.9. The number of carbonyl (C=O) groups is 2. The van der Waals surface area contributed by atoms with Gasteiger partial charge >= 0.3 is 12.1 Å². The summed E-state index contributed by atoms with van der Waals surface area (Å²) in [6, 6.07) is 7.10. The molecular formula is C17H17BrF3N5O3S. The van der Waals surface area contributed by atoms with Gasteiger partial charge in [-0.25, -0.2) is 4.79 Å². The van der Waals surface area contributed by atoms with E-state index < -0.39 is 18.2 Å². The van der Waals surface area contributed by atoms with E-state index in [2.05, 4.69) is 26.1 Å². The van der Waals surface area contributed by atoms with Gasteiger partial charge in [-0.05, 0) is 51.5 Å². The van der Waals surface area contributed by atoms with E-state index in [1.165, 1.54) is 0 Å². The number of aromatic nitrogens is 3. The maximum atomic E-state index is 12.5. The number of carboxylic acid groups (broad SMARTS) is 1. The van der Waals surface area contributed by atoms with Gasteiger partial charge in [0.1, 0.15) is 0 Å². The third-order valence-corrected chi connectivity index (χ3v) is 5.33. The fourth-order valence-electron chi connectivity index (χ4n) is 2.37. The molecule has 30 heavy (non-hydrogen) atoms. The van der Waals surface area contributed by atoms with Crippen molar-refractivity contribution >= 4 is 44.8 Å². The molecule has 1 unspecified atom stereocenters. The van der Waals surface area contributed by atoms with Crippen LogP contribution in [0.25, 0.3) is 5.65 Å². The first-order valence-electron chi connectivity index (χ1n) is 8.31. The molecule has 3 heterocycles. The first-order chi connectivity index (χ1) is 14.0. The maximum Gasteiger partial charge on any atom is 0.490 e. The fourth-order valence-corrected chi connectivity index (χ4v) is 3.59. The second-order valence-electron chi connectivity index (χ2n) is 6.11. The number of aliphatic carboxylic acids is 1. The van der Waals surface area contributed by atoms with Gasteiger partial charge in [-0.1, -0.05) is 6.07 Å². The number of alkyl halides is 3. The zero-order valence-electron chi connectivity index (χ0n) is 15.5. The van der Waals surface area contributed by atoms with E-state index in [9.17, 15) is 18.0 Å². The number of hydrogen-bond acceptors (Lipinski definition) is 6. The average Bonchev–Trinajstić information content (AvgIpc) is 3.27. The Hall–Kier alpha value is -2.51.